The number of rotatable bonds is 4. The molecule has 0 amide bonds. The third-order valence-electron chi connectivity index (χ3n) is 3.14. The zero-order valence-electron chi connectivity index (χ0n) is 11.3. The van der Waals surface area contributed by atoms with Gasteiger partial charge in [0.1, 0.15) is 0 Å². The van der Waals surface area contributed by atoms with Crippen LogP contribution in [0, 0.1) is 13.8 Å². The molecular formula is C16H20N2. The first kappa shape index (κ1) is 12.8. The summed E-state index contributed by atoms with van der Waals surface area (Å²) in [6, 6.07) is 12.8. The summed E-state index contributed by atoms with van der Waals surface area (Å²) < 4.78 is 0. The van der Waals surface area contributed by atoms with Gasteiger partial charge in [-0.3, -0.25) is 4.98 Å². The molecule has 94 valence electrons. The van der Waals surface area contributed by atoms with Crippen molar-refractivity contribution >= 4 is 0 Å². The van der Waals surface area contributed by atoms with Crippen molar-refractivity contribution in [3.8, 4) is 0 Å². The highest BCUT2D eigenvalue weighted by Crippen LogP contribution is 2.23. The van der Waals surface area contributed by atoms with E-state index >= 15 is 0 Å². The van der Waals surface area contributed by atoms with E-state index in [1.54, 1.807) is 0 Å². The first-order valence-corrected chi connectivity index (χ1v) is 6.44. The minimum atomic E-state index is 0.177. The lowest BCUT2D eigenvalue weighted by molar-refractivity contribution is 0.612. The van der Waals surface area contributed by atoms with Crippen LogP contribution in [0.2, 0.25) is 0 Å². The molecule has 1 heterocycles. The van der Waals surface area contributed by atoms with E-state index in [-0.39, 0.29) is 6.04 Å². The van der Waals surface area contributed by atoms with Crippen LogP contribution in [0.1, 0.15) is 35.3 Å². The topological polar surface area (TPSA) is 24.9 Å². The number of benzene rings is 1. The van der Waals surface area contributed by atoms with Crippen molar-refractivity contribution < 1.29 is 0 Å². The van der Waals surface area contributed by atoms with E-state index in [4.69, 9.17) is 0 Å². The summed E-state index contributed by atoms with van der Waals surface area (Å²) in [5, 5.41) is 3.52. The summed E-state index contributed by atoms with van der Waals surface area (Å²) in [6.07, 6.45) is 1.88. The van der Waals surface area contributed by atoms with Crippen molar-refractivity contribution in [3.05, 3.63) is 65.0 Å². The van der Waals surface area contributed by atoms with Crippen LogP contribution in [0.25, 0.3) is 0 Å². The molecule has 1 atom stereocenters. The number of pyridine rings is 1. The Kier molecular flexibility index (Phi) is 4.11. The molecular weight excluding hydrogens is 220 g/mol. The molecule has 0 fully saturated rings. The van der Waals surface area contributed by atoms with Gasteiger partial charge in [0.25, 0.3) is 0 Å². The maximum absolute atomic E-state index is 4.51. The average molecular weight is 240 g/mol. The normalized spacial score (nSPS) is 12.4. The molecule has 0 aliphatic carbocycles. The first-order chi connectivity index (χ1) is 8.72. The van der Waals surface area contributed by atoms with Crippen molar-refractivity contribution in [2.24, 2.45) is 0 Å². The van der Waals surface area contributed by atoms with Gasteiger partial charge in [-0.1, -0.05) is 31.2 Å². The molecule has 2 rings (SSSR count). The van der Waals surface area contributed by atoms with Gasteiger partial charge in [-0.25, -0.2) is 0 Å². The van der Waals surface area contributed by atoms with Gasteiger partial charge in [-0.15, -0.1) is 0 Å². The maximum atomic E-state index is 4.51. The van der Waals surface area contributed by atoms with E-state index in [0.717, 1.165) is 12.2 Å². The number of aromatic nitrogens is 1. The van der Waals surface area contributed by atoms with Crippen LogP contribution in [-0.4, -0.2) is 11.5 Å². The number of hydrogen-bond donors (Lipinski definition) is 1. The van der Waals surface area contributed by atoms with E-state index in [0.29, 0.717) is 0 Å². The molecule has 0 aliphatic heterocycles. The largest absolute Gasteiger partial charge is 0.305 e. The number of hydrogen-bond acceptors (Lipinski definition) is 2. The Morgan fingerprint density at radius 1 is 1.17 bits per heavy atom. The van der Waals surface area contributed by atoms with Gasteiger partial charge < -0.3 is 5.32 Å². The smallest absolute Gasteiger partial charge is 0.0753 e. The Morgan fingerprint density at radius 3 is 2.61 bits per heavy atom. The summed E-state index contributed by atoms with van der Waals surface area (Å²) in [5.41, 5.74) is 4.94. The SMILES string of the molecule is CCNC(c1cc(C)ccn1)c1ccccc1C. The molecule has 1 unspecified atom stereocenters. The Balaban J connectivity index is 2.43. The molecule has 0 radical (unpaired) electrons. The summed E-state index contributed by atoms with van der Waals surface area (Å²) in [6.45, 7) is 7.30. The van der Waals surface area contributed by atoms with E-state index in [1.807, 2.05) is 12.3 Å². The number of nitrogens with one attached hydrogen (secondary N) is 1. The second kappa shape index (κ2) is 5.78. The maximum Gasteiger partial charge on any atom is 0.0753 e. The van der Waals surface area contributed by atoms with Crippen molar-refractivity contribution in [2.75, 3.05) is 6.54 Å². The molecule has 1 aromatic heterocycles. The highest BCUT2D eigenvalue weighted by molar-refractivity contribution is 5.35. The minimum absolute atomic E-state index is 0.177. The molecule has 18 heavy (non-hydrogen) atoms. The van der Waals surface area contributed by atoms with Gasteiger partial charge in [0.2, 0.25) is 0 Å². The second-order valence-electron chi connectivity index (χ2n) is 4.61. The summed E-state index contributed by atoms with van der Waals surface area (Å²) in [7, 11) is 0. The molecule has 1 N–H and O–H groups in total. The molecule has 1 aromatic carbocycles. The monoisotopic (exact) mass is 240 g/mol. The quantitative estimate of drug-likeness (QED) is 0.886. The standard InChI is InChI=1S/C16H20N2/c1-4-17-16(14-8-6-5-7-13(14)3)15-11-12(2)9-10-18-15/h5-11,16-17H,4H2,1-3H3. The molecule has 0 aliphatic rings. The van der Waals surface area contributed by atoms with Crippen LogP contribution >= 0.6 is 0 Å². The second-order valence-corrected chi connectivity index (χ2v) is 4.61. The van der Waals surface area contributed by atoms with E-state index in [9.17, 15) is 0 Å². The lowest BCUT2D eigenvalue weighted by Crippen LogP contribution is -2.23. The predicted octanol–water partition coefficient (Wildman–Crippen LogP) is 3.40. The van der Waals surface area contributed by atoms with Crippen LogP contribution in [0.15, 0.2) is 42.6 Å². The van der Waals surface area contributed by atoms with Gasteiger partial charge >= 0.3 is 0 Å². The molecule has 0 spiro atoms. The lowest BCUT2D eigenvalue weighted by atomic mass is 9.97. The molecule has 0 saturated carbocycles. The lowest BCUT2D eigenvalue weighted by Gasteiger charge is -2.20. The van der Waals surface area contributed by atoms with Crippen LogP contribution in [0.4, 0.5) is 0 Å². The fourth-order valence-electron chi connectivity index (χ4n) is 2.21. The van der Waals surface area contributed by atoms with Gasteiger partial charge in [0.15, 0.2) is 0 Å². The van der Waals surface area contributed by atoms with Gasteiger partial charge in [-0.2, -0.15) is 0 Å². The highest BCUT2D eigenvalue weighted by atomic mass is 14.9. The highest BCUT2D eigenvalue weighted by Gasteiger charge is 2.15. The van der Waals surface area contributed by atoms with Gasteiger partial charge in [0, 0.05) is 6.20 Å². The summed E-state index contributed by atoms with van der Waals surface area (Å²) in [4.78, 5) is 4.51. The molecule has 2 aromatic rings. The minimum Gasteiger partial charge on any atom is -0.305 e. The summed E-state index contributed by atoms with van der Waals surface area (Å²) >= 11 is 0. The van der Waals surface area contributed by atoms with Crippen molar-refractivity contribution in [1.82, 2.24) is 10.3 Å². The first-order valence-electron chi connectivity index (χ1n) is 6.44. The third-order valence-corrected chi connectivity index (χ3v) is 3.14. The molecule has 0 saturated heterocycles. The fraction of sp³-hybridized carbons (Fsp3) is 0.312. The Morgan fingerprint density at radius 2 is 1.94 bits per heavy atom. The van der Waals surface area contributed by atoms with Gasteiger partial charge in [-0.05, 0) is 49.2 Å². The van der Waals surface area contributed by atoms with Crippen LogP contribution in [0.5, 0.6) is 0 Å². The van der Waals surface area contributed by atoms with E-state index in [1.165, 1.54) is 16.7 Å². The Bertz CT molecular complexity index is 520. The predicted molar refractivity (Wildman–Crippen MR) is 75.7 cm³/mol. The molecule has 2 heteroatoms. The van der Waals surface area contributed by atoms with Crippen molar-refractivity contribution in [1.29, 1.82) is 0 Å². The number of nitrogens with zero attached hydrogens (tertiary/aromatic N) is 1. The van der Waals surface area contributed by atoms with Crippen molar-refractivity contribution in [3.63, 3.8) is 0 Å². The van der Waals surface area contributed by atoms with E-state index in [2.05, 4.69) is 61.4 Å². The van der Waals surface area contributed by atoms with Crippen LogP contribution in [0.3, 0.4) is 0 Å². The zero-order chi connectivity index (χ0) is 13.0. The third kappa shape index (κ3) is 2.77. The molecule has 2 nitrogen and oxygen atoms in total. The summed E-state index contributed by atoms with van der Waals surface area (Å²) in [5.74, 6) is 0. The Hall–Kier alpha value is -1.67. The number of aryl methyl sites for hydroxylation is 2. The van der Waals surface area contributed by atoms with Crippen LogP contribution < -0.4 is 5.32 Å². The zero-order valence-corrected chi connectivity index (χ0v) is 11.3. The van der Waals surface area contributed by atoms with Crippen LogP contribution in [-0.2, 0) is 0 Å². The molecule has 0 bridgehead atoms. The fourth-order valence-corrected chi connectivity index (χ4v) is 2.21. The Labute approximate surface area is 109 Å². The van der Waals surface area contributed by atoms with E-state index < -0.39 is 0 Å². The van der Waals surface area contributed by atoms with Crippen molar-refractivity contribution in [2.45, 2.75) is 26.8 Å². The average Bonchev–Trinajstić information content (AvgIpc) is 2.37. The van der Waals surface area contributed by atoms with Gasteiger partial charge in [0.05, 0.1) is 11.7 Å².